The lowest BCUT2D eigenvalue weighted by atomic mass is 10.1. The predicted molar refractivity (Wildman–Crippen MR) is 70.8 cm³/mol. The number of aromatic nitrogens is 2. The van der Waals surface area contributed by atoms with Crippen LogP contribution in [0, 0.1) is 13.8 Å². The van der Waals surface area contributed by atoms with Crippen LogP contribution in [0.2, 0.25) is 10.0 Å². The fourth-order valence-electron chi connectivity index (χ4n) is 1.60. The quantitative estimate of drug-likeness (QED) is 0.822. The number of nitrogens with zero attached hydrogens (tertiary/aromatic N) is 2. The summed E-state index contributed by atoms with van der Waals surface area (Å²) in [6.45, 7) is 3.88. The molecule has 88 valence electrons. The first-order chi connectivity index (χ1) is 8.06. The fraction of sp³-hybridized carbons (Fsp3) is 0.231. The summed E-state index contributed by atoms with van der Waals surface area (Å²) >= 11 is 12.0. The van der Waals surface area contributed by atoms with E-state index < -0.39 is 0 Å². The average Bonchev–Trinajstić information content (AvgIpc) is 2.27. The van der Waals surface area contributed by atoms with Crippen molar-refractivity contribution >= 4 is 23.2 Å². The molecule has 0 saturated carbocycles. The van der Waals surface area contributed by atoms with Crippen LogP contribution in [0.15, 0.2) is 24.4 Å². The molecule has 0 N–H and O–H groups in total. The van der Waals surface area contributed by atoms with Crippen LogP contribution in [-0.2, 0) is 6.42 Å². The minimum Gasteiger partial charge on any atom is -0.258 e. The van der Waals surface area contributed by atoms with Gasteiger partial charge in [0.05, 0.1) is 17.1 Å². The summed E-state index contributed by atoms with van der Waals surface area (Å²) in [5.41, 5.74) is 3.81. The van der Waals surface area contributed by atoms with Crippen molar-refractivity contribution < 1.29 is 0 Å². The molecule has 0 bridgehead atoms. The molecule has 0 radical (unpaired) electrons. The molecule has 0 aliphatic heterocycles. The second kappa shape index (κ2) is 5.03. The third-order valence-corrected chi connectivity index (χ3v) is 3.13. The highest BCUT2D eigenvalue weighted by molar-refractivity contribution is 6.35. The number of benzene rings is 1. The molecule has 1 aromatic carbocycles. The molecule has 17 heavy (non-hydrogen) atoms. The Bertz CT molecular complexity index is 553. The summed E-state index contributed by atoms with van der Waals surface area (Å²) in [5, 5.41) is 1.31. The van der Waals surface area contributed by atoms with Crippen molar-refractivity contribution in [2.24, 2.45) is 0 Å². The zero-order valence-corrected chi connectivity index (χ0v) is 11.2. The molecule has 0 fully saturated rings. The van der Waals surface area contributed by atoms with E-state index in [9.17, 15) is 0 Å². The van der Waals surface area contributed by atoms with Gasteiger partial charge in [-0.1, -0.05) is 29.3 Å². The Kier molecular flexibility index (Phi) is 3.65. The van der Waals surface area contributed by atoms with Crippen molar-refractivity contribution in [1.29, 1.82) is 0 Å². The van der Waals surface area contributed by atoms with Crippen molar-refractivity contribution in [3.05, 3.63) is 57.1 Å². The van der Waals surface area contributed by atoms with Gasteiger partial charge < -0.3 is 0 Å². The molecule has 2 nitrogen and oxygen atoms in total. The minimum absolute atomic E-state index is 0.644. The van der Waals surface area contributed by atoms with Gasteiger partial charge in [-0.05, 0) is 31.5 Å². The maximum absolute atomic E-state index is 6.14. The van der Waals surface area contributed by atoms with E-state index in [-0.39, 0.29) is 0 Å². The van der Waals surface area contributed by atoms with Crippen molar-refractivity contribution in [2.75, 3.05) is 0 Å². The maximum Gasteiger partial charge on any atom is 0.0663 e. The highest BCUT2D eigenvalue weighted by Gasteiger charge is 2.07. The fourth-order valence-corrected chi connectivity index (χ4v) is 2.08. The molecule has 1 heterocycles. The number of hydrogen-bond acceptors (Lipinski definition) is 2. The number of hydrogen-bond donors (Lipinski definition) is 0. The van der Waals surface area contributed by atoms with Crippen LogP contribution >= 0.6 is 23.2 Å². The molecule has 0 saturated heterocycles. The molecule has 0 spiro atoms. The van der Waals surface area contributed by atoms with E-state index in [4.69, 9.17) is 23.2 Å². The highest BCUT2D eigenvalue weighted by Crippen LogP contribution is 2.23. The van der Waals surface area contributed by atoms with Crippen LogP contribution in [0.3, 0.4) is 0 Å². The number of aryl methyl sites for hydroxylation is 2. The van der Waals surface area contributed by atoms with Gasteiger partial charge in [-0.15, -0.1) is 0 Å². The summed E-state index contributed by atoms with van der Waals surface area (Å²) in [4.78, 5) is 8.77. The Morgan fingerprint density at radius 2 is 1.94 bits per heavy atom. The summed E-state index contributed by atoms with van der Waals surface area (Å²) in [5.74, 6) is 0. The van der Waals surface area contributed by atoms with Crippen molar-refractivity contribution in [3.63, 3.8) is 0 Å². The standard InChI is InChI=1S/C13H12Cl2N2/c1-8-7-16-9(2)13(17-8)5-10-3-4-11(14)6-12(10)15/h3-4,6-7H,5H2,1-2H3. The molecule has 2 rings (SSSR count). The Morgan fingerprint density at radius 1 is 1.18 bits per heavy atom. The molecule has 4 heteroatoms. The monoisotopic (exact) mass is 266 g/mol. The first-order valence-corrected chi connectivity index (χ1v) is 6.05. The van der Waals surface area contributed by atoms with Gasteiger partial charge in [-0.25, -0.2) is 0 Å². The van der Waals surface area contributed by atoms with Gasteiger partial charge in [0.2, 0.25) is 0 Å². The van der Waals surface area contributed by atoms with Crippen molar-refractivity contribution in [2.45, 2.75) is 20.3 Å². The zero-order valence-electron chi connectivity index (χ0n) is 9.67. The summed E-state index contributed by atoms with van der Waals surface area (Å²) in [7, 11) is 0. The first kappa shape index (κ1) is 12.3. The summed E-state index contributed by atoms with van der Waals surface area (Å²) < 4.78 is 0. The molecule has 0 aliphatic rings. The van der Waals surface area contributed by atoms with Crippen molar-refractivity contribution in [1.82, 2.24) is 9.97 Å². The highest BCUT2D eigenvalue weighted by atomic mass is 35.5. The zero-order chi connectivity index (χ0) is 12.4. The predicted octanol–water partition coefficient (Wildman–Crippen LogP) is 3.99. The van der Waals surface area contributed by atoms with E-state index in [1.165, 1.54) is 0 Å². The second-order valence-electron chi connectivity index (χ2n) is 3.96. The van der Waals surface area contributed by atoms with Gasteiger partial charge in [-0.2, -0.15) is 0 Å². The molecular formula is C13H12Cl2N2. The Morgan fingerprint density at radius 3 is 2.65 bits per heavy atom. The van der Waals surface area contributed by atoms with Crippen LogP contribution in [0.25, 0.3) is 0 Å². The summed E-state index contributed by atoms with van der Waals surface area (Å²) in [6.07, 6.45) is 2.44. The van der Waals surface area contributed by atoms with Crippen LogP contribution in [0.5, 0.6) is 0 Å². The molecule has 0 atom stereocenters. The van der Waals surface area contributed by atoms with Crippen LogP contribution in [-0.4, -0.2) is 9.97 Å². The Labute approximate surface area is 111 Å². The lowest BCUT2D eigenvalue weighted by molar-refractivity contribution is 0.951. The lowest BCUT2D eigenvalue weighted by Gasteiger charge is -2.07. The third-order valence-electron chi connectivity index (χ3n) is 2.55. The first-order valence-electron chi connectivity index (χ1n) is 5.29. The van der Waals surface area contributed by atoms with Gasteiger partial charge in [0.25, 0.3) is 0 Å². The van der Waals surface area contributed by atoms with Gasteiger partial charge in [-0.3, -0.25) is 9.97 Å². The number of rotatable bonds is 2. The minimum atomic E-state index is 0.644. The molecule has 2 aromatic rings. The van der Waals surface area contributed by atoms with E-state index >= 15 is 0 Å². The smallest absolute Gasteiger partial charge is 0.0663 e. The largest absolute Gasteiger partial charge is 0.258 e. The van der Waals surface area contributed by atoms with E-state index in [1.54, 1.807) is 12.3 Å². The van der Waals surface area contributed by atoms with E-state index in [0.29, 0.717) is 16.5 Å². The molecule has 1 aromatic heterocycles. The molecular weight excluding hydrogens is 255 g/mol. The molecule has 0 amide bonds. The Hall–Kier alpha value is -1.12. The average molecular weight is 267 g/mol. The van der Waals surface area contributed by atoms with Crippen LogP contribution in [0.4, 0.5) is 0 Å². The third kappa shape index (κ3) is 2.96. The second-order valence-corrected chi connectivity index (χ2v) is 4.80. The van der Waals surface area contributed by atoms with E-state index in [2.05, 4.69) is 9.97 Å². The van der Waals surface area contributed by atoms with Crippen LogP contribution < -0.4 is 0 Å². The topological polar surface area (TPSA) is 25.8 Å². The molecule has 0 unspecified atom stereocenters. The van der Waals surface area contributed by atoms with Gasteiger partial charge >= 0.3 is 0 Å². The Balaban J connectivity index is 2.34. The summed E-state index contributed by atoms with van der Waals surface area (Å²) in [6, 6.07) is 5.51. The number of halogens is 2. The van der Waals surface area contributed by atoms with E-state index in [0.717, 1.165) is 22.6 Å². The van der Waals surface area contributed by atoms with Crippen molar-refractivity contribution in [3.8, 4) is 0 Å². The van der Waals surface area contributed by atoms with Gasteiger partial charge in [0, 0.05) is 22.7 Å². The van der Waals surface area contributed by atoms with Gasteiger partial charge in [0.15, 0.2) is 0 Å². The lowest BCUT2D eigenvalue weighted by Crippen LogP contribution is -2.00. The van der Waals surface area contributed by atoms with E-state index in [1.807, 2.05) is 26.0 Å². The normalized spacial score (nSPS) is 10.6. The van der Waals surface area contributed by atoms with Crippen LogP contribution in [0.1, 0.15) is 22.6 Å². The molecule has 0 aliphatic carbocycles. The van der Waals surface area contributed by atoms with Gasteiger partial charge in [0.1, 0.15) is 0 Å². The SMILES string of the molecule is Cc1cnc(C)c(Cc2ccc(Cl)cc2Cl)n1. The maximum atomic E-state index is 6.14.